The number of hydrogen-bond donors (Lipinski definition) is 1. The van der Waals surface area contributed by atoms with E-state index in [9.17, 15) is 4.79 Å². The SMILES string of the molecule is CSC1(C(=O)C(C)C)CNCCO1. The van der Waals surface area contributed by atoms with Crippen LogP contribution in [0.2, 0.25) is 0 Å². The summed E-state index contributed by atoms with van der Waals surface area (Å²) in [6.45, 7) is 5.93. The van der Waals surface area contributed by atoms with Crippen LogP contribution in [0.3, 0.4) is 0 Å². The molecule has 1 aliphatic rings. The van der Waals surface area contributed by atoms with Crippen molar-refractivity contribution in [3.05, 3.63) is 0 Å². The van der Waals surface area contributed by atoms with Crippen molar-refractivity contribution in [2.45, 2.75) is 18.8 Å². The minimum Gasteiger partial charge on any atom is -0.354 e. The Bertz CT molecular complexity index is 188. The van der Waals surface area contributed by atoms with Crippen molar-refractivity contribution >= 4 is 17.5 Å². The predicted octanol–water partition coefficient (Wildman–Crippen LogP) is 0.891. The number of ketones is 1. The molecule has 1 saturated heterocycles. The maximum Gasteiger partial charge on any atom is 0.184 e. The van der Waals surface area contributed by atoms with Gasteiger partial charge in [-0.2, -0.15) is 0 Å². The smallest absolute Gasteiger partial charge is 0.184 e. The van der Waals surface area contributed by atoms with Gasteiger partial charge in [0.25, 0.3) is 0 Å². The van der Waals surface area contributed by atoms with Gasteiger partial charge in [0.2, 0.25) is 0 Å². The van der Waals surface area contributed by atoms with Crippen LogP contribution in [0.1, 0.15) is 13.8 Å². The van der Waals surface area contributed by atoms with Crippen LogP contribution in [-0.2, 0) is 9.53 Å². The van der Waals surface area contributed by atoms with E-state index in [0.29, 0.717) is 13.2 Å². The van der Waals surface area contributed by atoms with Crippen molar-refractivity contribution < 1.29 is 9.53 Å². The monoisotopic (exact) mass is 203 g/mol. The molecule has 1 aliphatic heterocycles. The van der Waals surface area contributed by atoms with Gasteiger partial charge in [0.1, 0.15) is 0 Å². The minimum absolute atomic E-state index is 0.0346. The van der Waals surface area contributed by atoms with E-state index >= 15 is 0 Å². The second-order valence-electron chi connectivity index (χ2n) is 3.50. The van der Waals surface area contributed by atoms with Crippen LogP contribution < -0.4 is 5.32 Å². The lowest BCUT2D eigenvalue weighted by atomic mass is 10.0. The second-order valence-corrected chi connectivity index (χ2v) is 4.57. The largest absolute Gasteiger partial charge is 0.354 e. The Kier molecular flexibility index (Phi) is 3.76. The van der Waals surface area contributed by atoms with Gasteiger partial charge < -0.3 is 10.1 Å². The molecule has 0 aromatic carbocycles. The summed E-state index contributed by atoms with van der Waals surface area (Å²) in [6, 6.07) is 0. The van der Waals surface area contributed by atoms with E-state index in [-0.39, 0.29) is 11.7 Å². The third-order valence-corrected chi connectivity index (χ3v) is 3.32. The van der Waals surface area contributed by atoms with E-state index in [1.54, 1.807) is 0 Å². The lowest BCUT2D eigenvalue weighted by Gasteiger charge is -2.35. The molecule has 1 rings (SSSR count). The first-order valence-corrected chi connectivity index (χ1v) is 5.79. The zero-order chi connectivity index (χ0) is 9.90. The summed E-state index contributed by atoms with van der Waals surface area (Å²) in [5, 5.41) is 3.20. The average Bonchev–Trinajstić information content (AvgIpc) is 2.17. The molecule has 1 unspecified atom stereocenters. The highest BCUT2D eigenvalue weighted by molar-refractivity contribution is 8.00. The molecule has 76 valence electrons. The van der Waals surface area contributed by atoms with Crippen LogP contribution in [0.25, 0.3) is 0 Å². The van der Waals surface area contributed by atoms with Crippen molar-refractivity contribution in [2.24, 2.45) is 5.92 Å². The number of ether oxygens (including phenoxy) is 1. The number of carbonyl (C=O) groups excluding carboxylic acids is 1. The third kappa shape index (κ3) is 2.24. The molecule has 13 heavy (non-hydrogen) atoms. The lowest BCUT2D eigenvalue weighted by Crippen LogP contribution is -2.53. The Hall–Kier alpha value is -0.0600. The van der Waals surface area contributed by atoms with E-state index in [1.807, 2.05) is 20.1 Å². The van der Waals surface area contributed by atoms with Crippen molar-refractivity contribution in [1.82, 2.24) is 5.32 Å². The van der Waals surface area contributed by atoms with Gasteiger partial charge in [0.05, 0.1) is 6.61 Å². The second kappa shape index (κ2) is 4.44. The molecule has 1 heterocycles. The molecule has 3 nitrogen and oxygen atoms in total. The van der Waals surface area contributed by atoms with Crippen LogP contribution in [-0.4, -0.2) is 36.7 Å². The first-order chi connectivity index (χ1) is 6.12. The molecule has 1 atom stereocenters. The minimum atomic E-state index is -0.633. The molecule has 0 bridgehead atoms. The summed E-state index contributed by atoms with van der Waals surface area (Å²) in [7, 11) is 0. The number of thioether (sulfide) groups is 1. The van der Waals surface area contributed by atoms with Crippen LogP contribution in [0.4, 0.5) is 0 Å². The van der Waals surface area contributed by atoms with E-state index < -0.39 is 4.93 Å². The van der Waals surface area contributed by atoms with Gasteiger partial charge in [0.15, 0.2) is 10.7 Å². The highest BCUT2D eigenvalue weighted by Crippen LogP contribution is 2.29. The van der Waals surface area contributed by atoms with Gasteiger partial charge in [-0.15, -0.1) is 11.8 Å². The summed E-state index contributed by atoms with van der Waals surface area (Å²) < 4.78 is 5.59. The average molecular weight is 203 g/mol. The number of morpholine rings is 1. The number of hydrogen-bond acceptors (Lipinski definition) is 4. The maximum absolute atomic E-state index is 11.9. The molecule has 1 N–H and O–H groups in total. The Labute approximate surface area is 83.6 Å². The van der Waals surface area contributed by atoms with Gasteiger partial charge in [-0.1, -0.05) is 13.8 Å². The summed E-state index contributed by atoms with van der Waals surface area (Å²) >= 11 is 1.50. The number of Topliss-reactive ketones (excluding diaryl/α,β-unsaturated/α-hetero) is 1. The number of carbonyl (C=O) groups is 1. The third-order valence-electron chi connectivity index (χ3n) is 2.20. The molecule has 4 heteroatoms. The van der Waals surface area contributed by atoms with E-state index in [2.05, 4.69) is 5.32 Å². The predicted molar refractivity (Wildman–Crippen MR) is 54.9 cm³/mol. The Balaban J connectivity index is 2.72. The Morgan fingerprint density at radius 3 is 2.69 bits per heavy atom. The summed E-state index contributed by atoms with van der Waals surface area (Å²) in [5.41, 5.74) is 0. The van der Waals surface area contributed by atoms with E-state index in [0.717, 1.165) is 6.54 Å². The van der Waals surface area contributed by atoms with E-state index in [1.165, 1.54) is 11.8 Å². The topological polar surface area (TPSA) is 38.3 Å². The first-order valence-electron chi connectivity index (χ1n) is 4.56. The van der Waals surface area contributed by atoms with Gasteiger partial charge >= 0.3 is 0 Å². The van der Waals surface area contributed by atoms with Crippen LogP contribution in [0, 0.1) is 5.92 Å². The molecule has 0 saturated carbocycles. The fourth-order valence-corrected chi connectivity index (χ4v) is 2.31. The van der Waals surface area contributed by atoms with Gasteiger partial charge in [0, 0.05) is 19.0 Å². The van der Waals surface area contributed by atoms with Crippen molar-refractivity contribution in [3.63, 3.8) is 0 Å². The van der Waals surface area contributed by atoms with Crippen molar-refractivity contribution in [1.29, 1.82) is 0 Å². The Morgan fingerprint density at radius 2 is 2.31 bits per heavy atom. The van der Waals surface area contributed by atoms with Gasteiger partial charge in [-0.25, -0.2) is 0 Å². The molecule has 0 spiro atoms. The molecule has 0 aromatic heterocycles. The fraction of sp³-hybridized carbons (Fsp3) is 0.889. The Morgan fingerprint density at radius 1 is 1.62 bits per heavy atom. The summed E-state index contributed by atoms with van der Waals surface area (Å²) in [4.78, 5) is 11.2. The molecular formula is C9H17NO2S. The molecular weight excluding hydrogens is 186 g/mol. The van der Waals surface area contributed by atoms with Crippen LogP contribution >= 0.6 is 11.8 Å². The van der Waals surface area contributed by atoms with Gasteiger partial charge in [-0.3, -0.25) is 4.79 Å². The van der Waals surface area contributed by atoms with Crippen LogP contribution in [0.15, 0.2) is 0 Å². The normalized spacial score (nSPS) is 29.2. The highest BCUT2D eigenvalue weighted by atomic mass is 32.2. The van der Waals surface area contributed by atoms with E-state index in [4.69, 9.17) is 4.74 Å². The standard InChI is InChI=1S/C9H17NO2S/c1-7(2)8(11)9(13-3)6-10-4-5-12-9/h7,10H,4-6H2,1-3H3. The highest BCUT2D eigenvalue weighted by Gasteiger charge is 2.41. The van der Waals surface area contributed by atoms with Gasteiger partial charge in [-0.05, 0) is 6.26 Å². The van der Waals surface area contributed by atoms with Crippen molar-refractivity contribution in [3.8, 4) is 0 Å². The number of rotatable bonds is 3. The molecule has 0 aliphatic carbocycles. The number of nitrogens with one attached hydrogen (secondary N) is 1. The quantitative estimate of drug-likeness (QED) is 0.739. The van der Waals surface area contributed by atoms with Crippen LogP contribution in [0.5, 0.6) is 0 Å². The summed E-state index contributed by atoms with van der Waals surface area (Å²) in [6.07, 6.45) is 1.92. The van der Waals surface area contributed by atoms with Crippen molar-refractivity contribution in [2.75, 3.05) is 26.0 Å². The summed E-state index contributed by atoms with van der Waals surface area (Å²) in [5.74, 6) is 0.222. The molecule has 0 radical (unpaired) electrons. The zero-order valence-electron chi connectivity index (χ0n) is 8.42. The molecule has 0 aromatic rings. The molecule has 1 fully saturated rings. The maximum atomic E-state index is 11.9. The zero-order valence-corrected chi connectivity index (χ0v) is 9.24. The lowest BCUT2D eigenvalue weighted by molar-refractivity contribution is -0.138. The first kappa shape index (κ1) is 11.0. The fourth-order valence-electron chi connectivity index (χ4n) is 1.42. The molecule has 0 amide bonds.